The Morgan fingerprint density at radius 3 is 2.56 bits per heavy atom. The van der Waals surface area contributed by atoms with E-state index in [1.165, 1.54) is 6.26 Å². The van der Waals surface area contributed by atoms with Crippen molar-refractivity contribution in [3.8, 4) is 0 Å². The average molecular weight is 378 g/mol. The number of hydrogen-bond acceptors (Lipinski definition) is 4. The lowest BCUT2D eigenvalue weighted by molar-refractivity contribution is -0.134. The number of carbonyl (C=O) groups is 2. The van der Waals surface area contributed by atoms with Gasteiger partial charge in [0, 0.05) is 25.6 Å². The maximum absolute atomic E-state index is 13.2. The van der Waals surface area contributed by atoms with E-state index in [2.05, 4.69) is 10.6 Å². The molecule has 0 aliphatic carbocycles. The van der Waals surface area contributed by atoms with E-state index in [9.17, 15) is 18.4 Å². The summed E-state index contributed by atoms with van der Waals surface area (Å²) >= 11 is 0. The monoisotopic (exact) mass is 377 g/mol. The minimum absolute atomic E-state index is 0. The number of aryl methyl sites for hydroxylation is 1. The second-order valence-corrected chi connectivity index (χ2v) is 6.46. The fourth-order valence-corrected chi connectivity index (χ4v) is 3.24. The van der Waals surface area contributed by atoms with Gasteiger partial charge in [-0.15, -0.1) is 12.4 Å². The molecule has 9 heteroatoms. The summed E-state index contributed by atoms with van der Waals surface area (Å²) in [4.78, 5) is 26.0. The van der Waals surface area contributed by atoms with Gasteiger partial charge in [0.15, 0.2) is 0 Å². The fraction of sp³-hybridized carbons (Fsp3) is 0.625. The van der Waals surface area contributed by atoms with Crippen LogP contribution in [0.1, 0.15) is 35.4 Å². The molecule has 2 saturated heterocycles. The first kappa shape index (κ1) is 19.7. The normalized spacial score (nSPS) is 23.2. The van der Waals surface area contributed by atoms with Crippen LogP contribution in [0.3, 0.4) is 0 Å². The Balaban J connectivity index is 0.00000225. The van der Waals surface area contributed by atoms with Gasteiger partial charge in [-0.2, -0.15) is 0 Å². The number of piperidine rings is 1. The quantitative estimate of drug-likeness (QED) is 0.841. The fourth-order valence-electron chi connectivity index (χ4n) is 3.24. The lowest BCUT2D eigenvalue weighted by Gasteiger charge is -2.33. The maximum Gasteiger partial charge on any atom is 0.262 e. The molecule has 3 heterocycles. The molecular formula is C16H22ClF2N3O3. The third-order valence-corrected chi connectivity index (χ3v) is 4.65. The smallest absolute Gasteiger partial charge is 0.262 e. The molecule has 2 fully saturated rings. The number of nitrogens with zero attached hydrogens (tertiary/aromatic N) is 1. The third kappa shape index (κ3) is 4.49. The largest absolute Gasteiger partial charge is 0.469 e. The molecule has 6 nitrogen and oxygen atoms in total. The van der Waals surface area contributed by atoms with Gasteiger partial charge in [0.25, 0.3) is 11.8 Å². The van der Waals surface area contributed by atoms with Gasteiger partial charge in [-0.1, -0.05) is 0 Å². The van der Waals surface area contributed by atoms with Crippen molar-refractivity contribution < 1.29 is 22.8 Å². The number of amides is 2. The molecular weight excluding hydrogens is 356 g/mol. The molecule has 1 unspecified atom stereocenters. The molecule has 1 aromatic rings. The summed E-state index contributed by atoms with van der Waals surface area (Å²) in [5.41, 5.74) is 0.505. The maximum atomic E-state index is 13.2. The van der Waals surface area contributed by atoms with Gasteiger partial charge in [0.05, 0.1) is 24.4 Å². The molecule has 0 aromatic carbocycles. The highest BCUT2D eigenvalue weighted by molar-refractivity contribution is 5.95. The van der Waals surface area contributed by atoms with E-state index >= 15 is 0 Å². The number of hydrogen-bond donors (Lipinski definition) is 2. The SMILES string of the molecule is Cc1occc1C(=O)NC1CCN(C(=O)C2CC(F)(F)CN2)CC1.Cl. The summed E-state index contributed by atoms with van der Waals surface area (Å²) in [6, 6.07) is 0.781. The Hall–Kier alpha value is -1.67. The van der Waals surface area contributed by atoms with Crippen LogP contribution in [0.5, 0.6) is 0 Å². The molecule has 0 saturated carbocycles. The summed E-state index contributed by atoms with van der Waals surface area (Å²) in [5, 5.41) is 5.52. The number of alkyl halides is 2. The average Bonchev–Trinajstić information content (AvgIpc) is 3.12. The topological polar surface area (TPSA) is 74.6 Å². The number of halogens is 3. The van der Waals surface area contributed by atoms with Crippen LogP contribution in [0, 0.1) is 6.92 Å². The molecule has 2 aliphatic rings. The standard InChI is InChI=1S/C16H21F2N3O3.ClH/c1-10-12(4-7-24-10)14(22)20-11-2-5-21(6-3-11)15(23)13-8-16(17,18)9-19-13;/h4,7,11,13,19H,2-3,5-6,8-9H2,1H3,(H,20,22);1H. The Bertz CT molecular complexity index is 630. The molecule has 140 valence electrons. The zero-order chi connectivity index (χ0) is 17.3. The molecule has 25 heavy (non-hydrogen) atoms. The minimum atomic E-state index is -2.81. The number of carbonyl (C=O) groups excluding carboxylic acids is 2. The van der Waals surface area contributed by atoms with Gasteiger partial charge in [-0.3, -0.25) is 14.9 Å². The lowest BCUT2D eigenvalue weighted by atomic mass is 10.0. The van der Waals surface area contributed by atoms with E-state index in [0.29, 0.717) is 37.3 Å². The first-order valence-electron chi connectivity index (χ1n) is 8.11. The van der Waals surface area contributed by atoms with Crippen LogP contribution in [0.15, 0.2) is 16.7 Å². The molecule has 0 radical (unpaired) electrons. The highest BCUT2D eigenvalue weighted by Crippen LogP contribution is 2.26. The van der Waals surface area contributed by atoms with E-state index in [1.54, 1.807) is 17.9 Å². The highest BCUT2D eigenvalue weighted by atomic mass is 35.5. The zero-order valence-corrected chi connectivity index (χ0v) is 14.7. The van der Waals surface area contributed by atoms with E-state index in [1.807, 2.05) is 0 Å². The van der Waals surface area contributed by atoms with Gasteiger partial charge in [0.1, 0.15) is 5.76 Å². The number of rotatable bonds is 3. The molecule has 0 bridgehead atoms. The van der Waals surface area contributed by atoms with Crippen molar-refractivity contribution in [3.63, 3.8) is 0 Å². The van der Waals surface area contributed by atoms with Crippen LogP contribution in [0.25, 0.3) is 0 Å². The number of nitrogens with one attached hydrogen (secondary N) is 2. The van der Waals surface area contributed by atoms with Gasteiger partial charge in [-0.25, -0.2) is 8.78 Å². The van der Waals surface area contributed by atoms with Gasteiger partial charge in [0.2, 0.25) is 5.91 Å². The van der Waals surface area contributed by atoms with Crippen LogP contribution < -0.4 is 10.6 Å². The Kier molecular flexibility index (Phi) is 6.05. The molecule has 3 rings (SSSR count). The first-order chi connectivity index (χ1) is 11.4. The van der Waals surface area contributed by atoms with E-state index < -0.39 is 24.9 Å². The molecule has 2 amide bonds. The minimum Gasteiger partial charge on any atom is -0.469 e. The van der Waals surface area contributed by atoms with E-state index in [0.717, 1.165) is 0 Å². The van der Waals surface area contributed by atoms with Crippen LogP contribution in [-0.2, 0) is 4.79 Å². The van der Waals surface area contributed by atoms with Crippen molar-refractivity contribution >= 4 is 24.2 Å². The second kappa shape index (κ2) is 7.70. The van der Waals surface area contributed by atoms with Crippen molar-refractivity contribution in [2.45, 2.75) is 44.2 Å². The predicted octanol–water partition coefficient (Wildman–Crippen LogP) is 1.73. The molecule has 0 spiro atoms. The van der Waals surface area contributed by atoms with Crippen LogP contribution in [-0.4, -0.2) is 54.4 Å². The summed E-state index contributed by atoms with van der Waals surface area (Å²) in [6.45, 7) is 2.19. The second-order valence-electron chi connectivity index (χ2n) is 6.46. The molecule has 1 atom stereocenters. The Labute approximate surface area is 150 Å². The first-order valence-corrected chi connectivity index (χ1v) is 8.11. The van der Waals surface area contributed by atoms with E-state index in [4.69, 9.17) is 4.42 Å². The predicted molar refractivity (Wildman–Crippen MR) is 89.1 cm³/mol. The van der Waals surface area contributed by atoms with Crippen LogP contribution in [0.2, 0.25) is 0 Å². The molecule has 2 aliphatic heterocycles. The summed E-state index contributed by atoms with van der Waals surface area (Å²) in [5.74, 6) is -2.71. The third-order valence-electron chi connectivity index (χ3n) is 4.65. The number of furan rings is 1. The summed E-state index contributed by atoms with van der Waals surface area (Å²) in [7, 11) is 0. The zero-order valence-electron chi connectivity index (χ0n) is 13.9. The number of likely N-dealkylation sites (tertiary alicyclic amines) is 1. The van der Waals surface area contributed by atoms with Crippen molar-refractivity contribution in [2.75, 3.05) is 19.6 Å². The van der Waals surface area contributed by atoms with Crippen LogP contribution >= 0.6 is 12.4 Å². The Morgan fingerprint density at radius 2 is 2.04 bits per heavy atom. The highest BCUT2D eigenvalue weighted by Gasteiger charge is 2.43. The van der Waals surface area contributed by atoms with Gasteiger partial charge < -0.3 is 14.6 Å². The van der Waals surface area contributed by atoms with Gasteiger partial charge in [-0.05, 0) is 25.8 Å². The van der Waals surface area contributed by atoms with Crippen molar-refractivity contribution in [2.24, 2.45) is 0 Å². The lowest BCUT2D eigenvalue weighted by Crippen LogP contribution is -2.50. The van der Waals surface area contributed by atoms with Gasteiger partial charge >= 0.3 is 0 Å². The van der Waals surface area contributed by atoms with Crippen molar-refractivity contribution in [1.82, 2.24) is 15.5 Å². The molecule has 1 aromatic heterocycles. The Morgan fingerprint density at radius 1 is 1.36 bits per heavy atom. The van der Waals surface area contributed by atoms with Crippen LogP contribution in [0.4, 0.5) is 8.78 Å². The van der Waals surface area contributed by atoms with Crippen molar-refractivity contribution in [3.05, 3.63) is 23.7 Å². The summed E-state index contributed by atoms with van der Waals surface area (Å²) in [6.07, 6.45) is 2.24. The van der Waals surface area contributed by atoms with E-state index in [-0.39, 0.29) is 30.3 Å². The summed E-state index contributed by atoms with van der Waals surface area (Å²) < 4.78 is 31.5. The molecule has 2 N–H and O–H groups in total. The van der Waals surface area contributed by atoms with Crippen molar-refractivity contribution in [1.29, 1.82) is 0 Å².